The molecule has 0 saturated heterocycles. The summed E-state index contributed by atoms with van der Waals surface area (Å²) in [6.45, 7) is 1.93. The molecule has 2 N–H and O–H groups in total. The zero-order valence-electron chi connectivity index (χ0n) is 9.03. The van der Waals surface area contributed by atoms with E-state index in [1.54, 1.807) is 12.1 Å². The summed E-state index contributed by atoms with van der Waals surface area (Å²) in [7, 11) is 0. The number of rotatable bonds is 2. The Morgan fingerprint density at radius 3 is 2.76 bits per heavy atom. The van der Waals surface area contributed by atoms with Crippen molar-refractivity contribution in [1.82, 2.24) is 0 Å². The van der Waals surface area contributed by atoms with Crippen LogP contribution in [-0.2, 0) is 0 Å². The Bertz CT molecular complexity index is 565. The molecule has 1 heterocycles. The van der Waals surface area contributed by atoms with E-state index in [2.05, 4.69) is 5.32 Å². The number of phenolic OH excluding ortho intramolecular Hbond substituents is 1. The van der Waals surface area contributed by atoms with Gasteiger partial charge in [0, 0.05) is 9.90 Å². The van der Waals surface area contributed by atoms with Crippen molar-refractivity contribution in [3.05, 3.63) is 45.1 Å². The van der Waals surface area contributed by atoms with E-state index in [0.717, 1.165) is 4.88 Å². The highest BCUT2D eigenvalue weighted by Crippen LogP contribution is 2.27. The monoisotopic (exact) mass is 267 g/mol. The number of hydrogen-bond acceptors (Lipinski definition) is 3. The summed E-state index contributed by atoms with van der Waals surface area (Å²) in [4.78, 5) is 13.5. The molecule has 0 atom stereocenters. The molecule has 0 bridgehead atoms. The largest absolute Gasteiger partial charge is 0.506 e. The lowest BCUT2D eigenvalue weighted by molar-refractivity contribution is 0.103. The van der Waals surface area contributed by atoms with Crippen LogP contribution >= 0.6 is 22.9 Å². The lowest BCUT2D eigenvalue weighted by Gasteiger charge is -2.06. The molecular weight excluding hydrogens is 258 g/mol. The molecule has 0 fully saturated rings. The lowest BCUT2D eigenvalue weighted by atomic mass is 10.3. The van der Waals surface area contributed by atoms with Crippen LogP contribution < -0.4 is 5.32 Å². The Hall–Kier alpha value is -1.52. The molecule has 0 radical (unpaired) electrons. The van der Waals surface area contributed by atoms with Gasteiger partial charge in [-0.3, -0.25) is 4.79 Å². The maximum atomic E-state index is 11.8. The average Bonchev–Trinajstić information content (AvgIpc) is 2.70. The van der Waals surface area contributed by atoms with Gasteiger partial charge in [0.1, 0.15) is 5.75 Å². The highest BCUT2D eigenvalue weighted by atomic mass is 35.5. The number of anilines is 1. The number of phenols is 1. The van der Waals surface area contributed by atoms with E-state index >= 15 is 0 Å². The summed E-state index contributed by atoms with van der Waals surface area (Å²) in [5, 5.41) is 12.6. The molecule has 1 aromatic carbocycles. The normalized spacial score (nSPS) is 10.2. The first kappa shape index (κ1) is 12.0. The molecule has 0 aliphatic carbocycles. The second-order valence-electron chi connectivity index (χ2n) is 3.53. The molecule has 0 spiro atoms. The molecule has 1 amide bonds. The standard InChI is InChI=1S/C12H10ClNO2S/c1-7-2-5-11(17-7)12(16)14-9-6-8(13)3-4-10(9)15/h2-6,15H,1H3,(H,14,16). The fourth-order valence-corrected chi connectivity index (χ4v) is 2.28. The summed E-state index contributed by atoms with van der Waals surface area (Å²) in [5.74, 6) is -0.253. The van der Waals surface area contributed by atoms with Crippen molar-refractivity contribution in [2.24, 2.45) is 0 Å². The number of hydrogen-bond donors (Lipinski definition) is 2. The van der Waals surface area contributed by atoms with Gasteiger partial charge in [-0.25, -0.2) is 0 Å². The van der Waals surface area contributed by atoms with Crippen LogP contribution in [0.1, 0.15) is 14.5 Å². The molecule has 88 valence electrons. The van der Waals surface area contributed by atoms with E-state index in [1.807, 2.05) is 13.0 Å². The van der Waals surface area contributed by atoms with Crippen molar-refractivity contribution in [1.29, 1.82) is 0 Å². The zero-order valence-corrected chi connectivity index (χ0v) is 10.6. The molecule has 2 rings (SSSR count). The number of aryl methyl sites for hydroxylation is 1. The summed E-state index contributed by atoms with van der Waals surface area (Å²) >= 11 is 7.19. The van der Waals surface area contributed by atoms with Gasteiger partial charge in [0.15, 0.2) is 0 Å². The van der Waals surface area contributed by atoms with Gasteiger partial charge < -0.3 is 10.4 Å². The van der Waals surface area contributed by atoms with Crippen LogP contribution in [0.3, 0.4) is 0 Å². The molecule has 1 aromatic heterocycles. The Kier molecular flexibility index (Phi) is 3.36. The van der Waals surface area contributed by atoms with E-state index in [4.69, 9.17) is 11.6 Å². The van der Waals surface area contributed by atoms with Crippen molar-refractivity contribution < 1.29 is 9.90 Å². The topological polar surface area (TPSA) is 49.3 Å². The first-order chi connectivity index (χ1) is 8.06. The van der Waals surface area contributed by atoms with Gasteiger partial charge in [-0.05, 0) is 37.3 Å². The van der Waals surface area contributed by atoms with E-state index in [-0.39, 0.29) is 11.7 Å². The fraction of sp³-hybridized carbons (Fsp3) is 0.0833. The van der Waals surface area contributed by atoms with E-state index in [9.17, 15) is 9.90 Å². The van der Waals surface area contributed by atoms with E-state index in [0.29, 0.717) is 15.6 Å². The number of benzene rings is 1. The molecule has 0 aliphatic heterocycles. The van der Waals surface area contributed by atoms with Crippen LogP contribution in [0.25, 0.3) is 0 Å². The molecule has 5 heteroatoms. The Labute approximate surface area is 108 Å². The third-order valence-corrected chi connectivity index (χ3v) is 3.41. The molecule has 0 unspecified atom stereocenters. The minimum Gasteiger partial charge on any atom is -0.506 e. The van der Waals surface area contributed by atoms with Gasteiger partial charge in [-0.2, -0.15) is 0 Å². The van der Waals surface area contributed by atoms with Gasteiger partial charge in [0.25, 0.3) is 5.91 Å². The summed E-state index contributed by atoms with van der Waals surface area (Å²) in [6.07, 6.45) is 0. The lowest BCUT2D eigenvalue weighted by Crippen LogP contribution is -2.10. The zero-order chi connectivity index (χ0) is 12.4. The van der Waals surface area contributed by atoms with Crippen molar-refractivity contribution in [3.63, 3.8) is 0 Å². The van der Waals surface area contributed by atoms with Crippen LogP contribution in [0.15, 0.2) is 30.3 Å². The molecule has 17 heavy (non-hydrogen) atoms. The second-order valence-corrected chi connectivity index (χ2v) is 5.25. The summed E-state index contributed by atoms with van der Waals surface area (Å²) in [6, 6.07) is 8.13. The van der Waals surface area contributed by atoms with Crippen molar-refractivity contribution >= 4 is 34.5 Å². The molecule has 2 aromatic rings. The third-order valence-electron chi connectivity index (χ3n) is 2.17. The number of nitrogens with one attached hydrogen (secondary N) is 1. The molecular formula is C12H10ClNO2S. The van der Waals surface area contributed by atoms with Crippen LogP contribution in [0.4, 0.5) is 5.69 Å². The van der Waals surface area contributed by atoms with Crippen molar-refractivity contribution in [2.75, 3.05) is 5.32 Å². The average molecular weight is 268 g/mol. The Balaban J connectivity index is 2.21. The Morgan fingerprint density at radius 1 is 1.35 bits per heavy atom. The van der Waals surface area contributed by atoms with E-state index < -0.39 is 0 Å². The van der Waals surface area contributed by atoms with Gasteiger partial charge >= 0.3 is 0 Å². The van der Waals surface area contributed by atoms with Gasteiger partial charge in [-0.15, -0.1) is 11.3 Å². The van der Waals surface area contributed by atoms with E-state index in [1.165, 1.54) is 23.5 Å². The number of halogens is 1. The number of carbonyl (C=O) groups is 1. The number of carbonyl (C=O) groups excluding carboxylic acids is 1. The Morgan fingerprint density at radius 2 is 2.12 bits per heavy atom. The van der Waals surface area contributed by atoms with Crippen LogP contribution in [0.5, 0.6) is 5.75 Å². The quantitative estimate of drug-likeness (QED) is 0.816. The predicted octanol–water partition coefficient (Wildman–Crippen LogP) is 3.67. The summed E-state index contributed by atoms with van der Waals surface area (Å²) < 4.78 is 0. The predicted molar refractivity (Wildman–Crippen MR) is 70.1 cm³/mol. The van der Waals surface area contributed by atoms with Crippen molar-refractivity contribution in [3.8, 4) is 5.75 Å². The molecule has 0 saturated carbocycles. The smallest absolute Gasteiger partial charge is 0.265 e. The van der Waals surface area contributed by atoms with Crippen molar-refractivity contribution in [2.45, 2.75) is 6.92 Å². The maximum absolute atomic E-state index is 11.8. The number of amides is 1. The molecule has 3 nitrogen and oxygen atoms in total. The second kappa shape index (κ2) is 4.77. The third kappa shape index (κ3) is 2.78. The first-order valence-electron chi connectivity index (χ1n) is 4.92. The maximum Gasteiger partial charge on any atom is 0.265 e. The van der Waals surface area contributed by atoms with Gasteiger partial charge in [-0.1, -0.05) is 11.6 Å². The highest BCUT2D eigenvalue weighted by molar-refractivity contribution is 7.14. The summed E-state index contributed by atoms with van der Waals surface area (Å²) in [5.41, 5.74) is 0.313. The van der Waals surface area contributed by atoms with Crippen LogP contribution in [0.2, 0.25) is 5.02 Å². The van der Waals surface area contributed by atoms with Gasteiger partial charge in [0.05, 0.1) is 10.6 Å². The first-order valence-corrected chi connectivity index (χ1v) is 6.12. The number of thiophene rings is 1. The minimum absolute atomic E-state index is 0.00368. The molecule has 0 aliphatic rings. The number of aromatic hydroxyl groups is 1. The van der Waals surface area contributed by atoms with Crippen LogP contribution in [0, 0.1) is 6.92 Å². The van der Waals surface area contributed by atoms with Gasteiger partial charge in [0.2, 0.25) is 0 Å². The fourth-order valence-electron chi connectivity index (χ4n) is 1.35. The minimum atomic E-state index is -0.249. The van der Waals surface area contributed by atoms with Crippen LogP contribution in [-0.4, -0.2) is 11.0 Å². The SMILES string of the molecule is Cc1ccc(C(=O)Nc2cc(Cl)ccc2O)s1. The highest BCUT2D eigenvalue weighted by Gasteiger charge is 2.10.